The molecule has 1 fully saturated rings. The van der Waals surface area contributed by atoms with Crippen LogP contribution in [0.4, 0.5) is 4.39 Å². The number of hydrogen-bond donors (Lipinski definition) is 2. The zero-order chi connectivity index (χ0) is 13.2. The molecule has 0 aromatic heterocycles. The molecule has 1 saturated carbocycles. The van der Waals surface area contributed by atoms with Crippen molar-refractivity contribution < 1.29 is 9.50 Å². The largest absolute Gasteiger partial charge is 0.385 e. The smallest absolute Gasteiger partial charge is 0.123 e. The molecule has 1 aliphatic rings. The molecule has 2 rings (SSSR count). The zero-order valence-electron chi connectivity index (χ0n) is 11.0. The molecule has 18 heavy (non-hydrogen) atoms. The molecule has 0 amide bonds. The molecule has 1 aliphatic carbocycles. The van der Waals surface area contributed by atoms with Crippen LogP contribution in [0.2, 0.25) is 0 Å². The summed E-state index contributed by atoms with van der Waals surface area (Å²) in [5.41, 5.74) is 5.31. The lowest BCUT2D eigenvalue weighted by Crippen LogP contribution is -2.48. The molecular weight excluding hydrogens is 229 g/mol. The second-order valence-corrected chi connectivity index (χ2v) is 5.42. The number of benzene rings is 1. The summed E-state index contributed by atoms with van der Waals surface area (Å²) in [7, 11) is 0. The van der Waals surface area contributed by atoms with E-state index in [4.69, 9.17) is 5.73 Å². The summed E-state index contributed by atoms with van der Waals surface area (Å²) in [5, 5.41) is 11.1. The molecule has 3 heteroatoms. The molecule has 2 nitrogen and oxygen atoms in total. The van der Waals surface area contributed by atoms with E-state index in [1.54, 1.807) is 6.07 Å². The molecule has 0 aliphatic heterocycles. The van der Waals surface area contributed by atoms with Crippen LogP contribution in [0, 0.1) is 11.2 Å². The Morgan fingerprint density at radius 3 is 2.56 bits per heavy atom. The van der Waals surface area contributed by atoms with Crippen molar-refractivity contribution in [1.29, 1.82) is 0 Å². The van der Waals surface area contributed by atoms with Crippen molar-refractivity contribution in [1.82, 2.24) is 0 Å². The molecule has 1 aromatic carbocycles. The maximum absolute atomic E-state index is 13.4. The average Bonchev–Trinajstić information content (AvgIpc) is 2.88. The minimum atomic E-state index is -1.01. The Morgan fingerprint density at radius 2 is 2.06 bits per heavy atom. The van der Waals surface area contributed by atoms with Crippen LogP contribution in [0.1, 0.15) is 44.6 Å². The number of hydrogen-bond acceptors (Lipinski definition) is 2. The van der Waals surface area contributed by atoms with Crippen molar-refractivity contribution in [2.24, 2.45) is 11.1 Å². The summed E-state index contributed by atoms with van der Waals surface area (Å²) >= 11 is 0. The minimum absolute atomic E-state index is 0.296. The summed E-state index contributed by atoms with van der Waals surface area (Å²) < 4.78 is 13.4. The van der Waals surface area contributed by atoms with Crippen LogP contribution in [0.5, 0.6) is 0 Å². The van der Waals surface area contributed by atoms with Crippen LogP contribution >= 0.6 is 0 Å². The van der Waals surface area contributed by atoms with E-state index in [2.05, 4.69) is 0 Å². The van der Waals surface area contributed by atoms with E-state index in [1.807, 2.05) is 13.0 Å². The number of aliphatic hydroxyl groups is 1. The van der Waals surface area contributed by atoms with Crippen molar-refractivity contribution in [3.05, 3.63) is 35.6 Å². The highest BCUT2D eigenvalue weighted by molar-refractivity contribution is 5.27. The van der Waals surface area contributed by atoms with Gasteiger partial charge in [0.25, 0.3) is 0 Å². The lowest BCUT2D eigenvalue weighted by atomic mass is 9.65. The van der Waals surface area contributed by atoms with Crippen molar-refractivity contribution in [3.8, 4) is 0 Å². The Bertz CT molecular complexity index is 415. The first kappa shape index (κ1) is 13.5. The lowest BCUT2D eigenvalue weighted by Gasteiger charge is -2.44. The lowest BCUT2D eigenvalue weighted by molar-refractivity contribution is -0.0885. The van der Waals surface area contributed by atoms with Crippen LogP contribution < -0.4 is 5.73 Å². The van der Waals surface area contributed by atoms with E-state index in [1.165, 1.54) is 12.1 Å². The van der Waals surface area contributed by atoms with E-state index in [-0.39, 0.29) is 11.2 Å². The van der Waals surface area contributed by atoms with Crippen LogP contribution in [-0.2, 0) is 5.60 Å². The van der Waals surface area contributed by atoms with Gasteiger partial charge in [-0.25, -0.2) is 4.39 Å². The molecule has 1 aromatic rings. The van der Waals surface area contributed by atoms with Gasteiger partial charge in [-0.3, -0.25) is 0 Å². The van der Waals surface area contributed by atoms with Gasteiger partial charge in [-0.05, 0) is 37.0 Å². The minimum Gasteiger partial charge on any atom is -0.385 e. The van der Waals surface area contributed by atoms with Crippen LogP contribution in [0.25, 0.3) is 0 Å². The predicted molar refractivity (Wildman–Crippen MR) is 70.5 cm³/mol. The maximum atomic E-state index is 13.4. The summed E-state index contributed by atoms with van der Waals surface area (Å²) in [4.78, 5) is 0. The molecule has 0 radical (unpaired) electrons. The third-order valence-electron chi connectivity index (χ3n) is 4.64. The highest BCUT2D eigenvalue weighted by atomic mass is 19.1. The first-order valence-electron chi connectivity index (χ1n) is 6.76. The van der Waals surface area contributed by atoms with Gasteiger partial charge < -0.3 is 10.8 Å². The van der Waals surface area contributed by atoms with Gasteiger partial charge in [-0.2, -0.15) is 0 Å². The molecule has 1 unspecified atom stereocenters. The molecule has 0 spiro atoms. The molecular formula is C15H22FNO. The summed E-state index contributed by atoms with van der Waals surface area (Å²) in [6.45, 7) is 2.40. The number of halogens is 1. The van der Waals surface area contributed by atoms with Gasteiger partial charge in [0.05, 0.1) is 5.60 Å². The van der Waals surface area contributed by atoms with E-state index < -0.39 is 5.60 Å². The maximum Gasteiger partial charge on any atom is 0.123 e. The fourth-order valence-corrected chi connectivity index (χ4v) is 3.47. The third kappa shape index (κ3) is 1.95. The van der Waals surface area contributed by atoms with Crippen LogP contribution in [-0.4, -0.2) is 11.7 Å². The van der Waals surface area contributed by atoms with Gasteiger partial charge in [0.15, 0.2) is 0 Å². The predicted octanol–water partition coefficient (Wildman–Crippen LogP) is 2.94. The average molecular weight is 251 g/mol. The summed E-state index contributed by atoms with van der Waals surface area (Å²) in [5.74, 6) is -0.301. The van der Waals surface area contributed by atoms with Gasteiger partial charge in [0, 0.05) is 12.0 Å². The second-order valence-electron chi connectivity index (χ2n) is 5.42. The molecule has 0 bridgehead atoms. The standard InChI is InChI=1S/C15H22FNO/c1-2-15(18,12-6-5-7-13(16)10-12)14(11-17)8-3-4-9-14/h5-7,10,18H,2-4,8-9,11,17H2,1H3. The summed E-state index contributed by atoms with van der Waals surface area (Å²) in [6.07, 6.45) is 4.59. The van der Waals surface area contributed by atoms with E-state index in [0.29, 0.717) is 18.5 Å². The van der Waals surface area contributed by atoms with E-state index >= 15 is 0 Å². The number of rotatable bonds is 4. The Kier molecular flexibility index (Phi) is 3.74. The molecule has 0 heterocycles. The number of nitrogens with two attached hydrogens (primary N) is 1. The Hall–Kier alpha value is -0.930. The van der Waals surface area contributed by atoms with Gasteiger partial charge >= 0.3 is 0 Å². The van der Waals surface area contributed by atoms with Gasteiger partial charge in [0.2, 0.25) is 0 Å². The van der Waals surface area contributed by atoms with Crippen LogP contribution in [0.3, 0.4) is 0 Å². The Balaban J connectivity index is 2.46. The van der Waals surface area contributed by atoms with Crippen molar-refractivity contribution in [2.45, 2.75) is 44.6 Å². The Morgan fingerprint density at radius 1 is 1.39 bits per heavy atom. The quantitative estimate of drug-likeness (QED) is 0.864. The topological polar surface area (TPSA) is 46.2 Å². The van der Waals surface area contributed by atoms with Gasteiger partial charge in [-0.15, -0.1) is 0 Å². The highest BCUT2D eigenvalue weighted by Gasteiger charge is 2.50. The fourth-order valence-electron chi connectivity index (χ4n) is 3.47. The van der Waals surface area contributed by atoms with Crippen molar-refractivity contribution in [2.75, 3.05) is 6.54 Å². The van der Waals surface area contributed by atoms with Gasteiger partial charge in [-0.1, -0.05) is 31.9 Å². The monoisotopic (exact) mass is 251 g/mol. The fraction of sp³-hybridized carbons (Fsp3) is 0.600. The molecule has 3 N–H and O–H groups in total. The third-order valence-corrected chi connectivity index (χ3v) is 4.64. The molecule has 1 atom stereocenters. The van der Waals surface area contributed by atoms with E-state index in [0.717, 1.165) is 25.7 Å². The second kappa shape index (κ2) is 4.98. The molecule has 0 saturated heterocycles. The van der Waals surface area contributed by atoms with E-state index in [9.17, 15) is 9.50 Å². The van der Waals surface area contributed by atoms with Gasteiger partial charge in [0.1, 0.15) is 5.82 Å². The first-order chi connectivity index (χ1) is 8.58. The Labute approximate surface area is 108 Å². The normalized spacial score (nSPS) is 21.8. The zero-order valence-corrected chi connectivity index (χ0v) is 11.0. The summed E-state index contributed by atoms with van der Waals surface area (Å²) in [6, 6.07) is 6.31. The SMILES string of the molecule is CCC(O)(c1cccc(F)c1)C1(CN)CCCC1. The first-order valence-corrected chi connectivity index (χ1v) is 6.76. The van der Waals surface area contributed by atoms with Crippen molar-refractivity contribution in [3.63, 3.8) is 0 Å². The highest BCUT2D eigenvalue weighted by Crippen LogP contribution is 2.52. The van der Waals surface area contributed by atoms with Crippen LogP contribution in [0.15, 0.2) is 24.3 Å². The molecule has 100 valence electrons. The van der Waals surface area contributed by atoms with Crippen molar-refractivity contribution >= 4 is 0 Å².